The molecule has 0 fully saturated rings. The summed E-state index contributed by atoms with van der Waals surface area (Å²) in [5.74, 6) is -3.18. The number of halogens is 3. The van der Waals surface area contributed by atoms with Gasteiger partial charge in [-0.3, -0.25) is 14.6 Å². The average Bonchev–Trinajstić information content (AvgIpc) is 2.41. The first-order valence-corrected chi connectivity index (χ1v) is 5.50. The van der Waals surface area contributed by atoms with Crippen LogP contribution in [0.15, 0.2) is 18.3 Å². The van der Waals surface area contributed by atoms with Gasteiger partial charge in [0.05, 0.1) is 12.1 Å². The Labute approximate surface area is 116 Å². The van der Waals surface area contributed by atoms with Crippen molar-refractivity contribution in [2.75, 3.05) is 13.1 Å². The van der Waals surface area contributed by atoms with Gasteiger partial charge in [0.2, 0.25) is 5.91 Å². The molecule has 0 unspecified atom stereocenters. The highest BCUT2D eigenvalue weighted by molar-refractivity contribution is 5.97. The lowest BCUT2D eigenvalue weighted by Crippen LogP contribution is -2.41. The molecule has 0 aromatic carbocycles. The lowest BCUT2D eigenvalue weighted by Gasteiger charge is -2.09. The Bertz CT molecular complexity index is 560. The van der Waals surface area contributed by atoms with E-state index in [2.05, 4.69) is 4.98 Å². The first-order chi connectivity index (χ1) is 9.69. The molecule has 7 nitrogen and oxygen atoms in total. The van der Waals surface area contributed by atoms with Crippen molar-refractivity contribution >= 4 is 17.8 Å². The molecule has 1 aromatic rings. The lowest BCUT2D eigenvalue weighted by molar-refractivity contribution is -0.137. The molecule has 2 amide bonds. The van der Waals surface area contributed by atoms with Crippen molar-refractivity contribution in [2.24, 2.45) is 0 Å². The number of amides is 2. The molecule has 0 aliphatic rings. The van der Waals surface area contributed by atoms with Gasteiger partial charge in [-0.15, -0.1) is 0 Å². The summed E-state index contributed by atoms with van der Waals surface area (Å²) in [5, 5.41) is 12.3. The maximum Gasteiger partial charge on any atom is 0.405 e. The van der Waals surface area contributed by atoms with Gasteiger partial charge in [-0.25, -0.2) is 4.79 Å². The second-order valence-electron chi connectivity index (χ2n) is 3.81. The summed E-state index contributed by atoms with van der Waals surface area (Å²) in [6, 6.07) is 2.14. The van der Waals surface area contributed by atoms with E-state index in [0.29, 0.717) is 0 Å². The molecule has 21 heavy (non-hydrogen) atoms. The first-order valence-electron chi connectivity index (χ1n) is 5.50. The van der Waals surface area contributed by atoms with Gasteiger partial charge in [0, 0.05) is 6.20 Å². The summed E-state index contributed by atoms with van der Waals surface area (Å²) < 4.78 is 35.5. The molecule has 0 saturated heterocycles. The number of nitrogens with zero attached hydrogens (tertiary/aromatic N) is 1. The fourth-order valence-electron chi connectivity index (χ4n) is 1.20. The number of hydrogen-bond acceptors (Lipinski definition) is 4. The fraction of sp³-hybridized carbons (Fsp3) is 0.273. The monoisotopic (exact) mass is 305 g/mol. The molecule has 1 heterocycles. The van der Waals surface area contributed by atoms with E-state index >= 15 is 0 Å². The van der Waals surface area contributed by atoms with Crippen LogP contribution in [-0.4, -0.2) is 47.1 Å². The Hall–Kier alpha value is -2.65. The minimum absolute atomic E-state index is 0.184. The number of rotatable bonds is 5. The Morgan fingerprint density at radius 3 is 2.48 bits per heavy atom. The Balaban J connectivity index is 2.52. The van der Waals surface area contributed by atoms with E-state index in [9.17, 15) is 27.6 Å². The maximum absolute atomic E-state index is 11.8. The Kier molecular flexibility index (Phi) is 5.22. The zero-order chi connectivity index (χ0) is 16.0. The van der Waals surface area contributed by atoms with Crippen LogP contribution in [0.5, 0.6) is 0 Å². The Morgan fingerprint density at radius 1 is 1.24 bits per heavy atom. The number of aromatic carboxylic acids is 1. The second-order valence-corrected chi connectivity index (χ2v) is 3.81. The van der Waals surface area contributed by atoms with E-state index in [1.165, 1.54) is 0 Å². The van der Waals surface area contributed by atoms with Crippen molar-refractivity contribution in [3.05, 3.63) is 29.6 Å². The molecule has 0 radical (unpaired) electrons. The molecule has 3 N–H and O–H groups in total. The summed E-state index contributed by atoms with van der Waals surface area (Å²) >= 11 is 0. The molecule has 0 atom stereocenters. The van der Waals surface area contributed by atoms with E-state index in [0.717, 1.165) is 18.3 Å². The summed E-state index contributed by atoms with van der Waals surface area (Å²) in [5.41, 5.74) is -0.449. The van der Waals surface area contributed by atoms with Gasteiger partial charge in [-0.1, -0.05) is 0 Å². The number of pyridine rings is 1. The summed E-state index contributed by atoms with van der Waals surface area (Å²) in [6.45, 7) is -2.19. The molecular formula is C11H10F3N3O4. The number of nitrogens with one attached hydrogen (secondary N) is 2. The highest BCUT2D eigenvalue weighted by Crippen LogP contribution is 2.11. The SMILES string of the molecule is O=C(CNC(=O)c1cc(C(=O)O)ccn1)NCC(F)(F)F. The van der Waals surface area contributed by atoms with Gasteiger partial charge in [0.25, 0.3) is 5.91 Å². The van der Waals surface area contributed by atoms with Crippen LogP contribution in [0.4, 0.5) is 13.2 Å². The third-order valence-corrected chi connectivity index (χ3v) is 2.14. The van der Waals surface area contributed by atoms with Crippen LogP contribution in [0.1, 0.15) is 20.8 Å². The third kappa shape index (κ3) is 5.89. The topological polar surface area (TPSA) is 108 Å². The maximum atomic E-state index is 11.8. The van der Waals surface area contributed by atoms with Crippen LogP contribution in [0.3, 0.4) is 0 Å². The van der Waals surface area contributed by atoms with Crippen LogP contribution in [0, 0.1) is 0 Å². The van der Waals surface area contributed by atoms with Crippen molar-refractivity contribution in [3.8, 4) is 0 Å². The standard InChI is InChI=1S/C11H10F3N3O4/c12-11(13,14)5-17-8(18)4-16-9(19)7-3-6(10(20)21)1-2-15-7/h1-3H,4-5H2,(H,16,19)(H,17,18)(H,20,21). The van der Waals surface area contributed by atoms with Gasteiger partial charge in [0.15, 0.2) is 0 Å². The van der Waals surface area contributed by atoms with Gasteiger partial charge in [-0.05, 0) is 12.1 Å². The van der Waals surface area contributed by atoms with E-state index in [1.807, 2.05) is 5.32 Å². The zero-order valence-electron chi connectivity index (χ0n) is 10.4. The van der Waals surface area contributed by atoms with E-state index in [1.54, 1.807) is 5.32 Å². The van der Waals surface area contributed by atoms with Crippen molar-refractivity contribution in [2.45, 2.75) is 6.18 Å². The van der Waals surface area contributed by atoms with Gasteiger partial charge < -0.3 is 15.7 Å². The molecule has 0 spiro atoms. The van der Waals surface area contributed by atoms with Crippen LogP contribution in [0.2, 0.25) is 0 Å². The largest absolute Gasteiger partial charge is 0.478 e. The van der Waals surface area contributed by atoms with Crippen LogP contribution in [-0.2, 0) is 4.79 Å². The predicted octanol–water partition coefficient (Wildman–Crippen LogP) is 0.188. The lowest BCUT2D eigenvalue weighted by atomic mass is 10.2. The summed E-state index contributed by atoms with van der Waals surface area (Å²) in [4.78, 5) is 36.9. The molecular weight excluding hydrogens is 295 g/mol. The summed E-state index contributed by atoms with van der Waals surface area (Å²) in [7, 11) is 0. The summed E-state index contributed by atoms with van der Waals surface area (Å²) in [6.07, 6.45) is -3.46. The molecule has 0 aliphatic carbocycles. The minimum Gasteiger partial charge on any atom is -0.478 e. The van der Waals surface area contributed by atoms with E-state index < -0.39 is 37.0 Å². The average molecular weight is 305 g/mol. The number of carboxylic acid groups (broad SMARTS) is 1. The number of carbonyl (C=O) groups excluding carboxylic acids is 2. The fourth-order valence-corrected chi connectivity index (χ4v) is 1.20. The number of aromatic nitrogens is 1. The number of alkyl halides is 3. The Morgan fingerprint density at radius 2 is 1.90 bits per heavy atom. The number of carbonyl (C=O) groups is 3. The van der Waals surface area contributed by atoms with Crippen molar-refractivity contribution in [1.82, 2.24) is 15.6 Å². The van der Waals surface area contributed by atoms with Gasteiger partial charge in [-0.2, -0.15) is 13.2 Å². The molecule has 114 valence electrons. The van der Waals surface area contributed by atoms with Crippen molar-refractivity contribution in [3.63, 3.8) is 0 Å². The smallest absolute Gasteiger partial charge is 0.405 e. The van der Waals surface area contributed by atoms with E-state index in [4.69, 9.17) is 5.11 Å². The molecule has 10 heteroatoms. The number of carboxylic acids is 1. The first kappa shape index (κ1) is 16.4. The van der Waals surface area contributed by atoms with E-state index in [-0.39, 0.29) is 11.3 Å². The third-order valence-electron chi connectivity index (χ3n) is 2.14. The normalized spacial score (nSPS) is 10.8. The molecule has 0 bridgehead atoms. The predicted molar refractivity (Wildman–Crippen MR) is 62.6 cm³/mol. The molecule has 1 rings (SSSR count). The molecule has 0 aliphatic heterocycles. The van der Waals surface area contributed by atoms with Crippen molar-refractivity contribution in [1.29, 1.82) is 0 Å². The van der Waals surface area contributed by atoms with Gasteiger partial charge >= 0.3 is 12.1 Å². The second kappa shape index (κ2) is 6.68. The highest BCUT2D eigenvalue weighted by Gasteiger charge is 2.27. The number of hydrogen-bond donors (Lipinski definition) is 3. The van der Waals surface area contributed by atoms with Crippen LogP contribution in [0.25, 0.3) is 0 Å². The van der Waals surface area contributed by atoms with Gasteiger partial charge in [0.1, 0.15) is 12.2 Å². The molecule has 0 saturated carbocycles. The zero-order valence-corrected chi connectivity index (χ0v) is 10.4. The van der Waals surface area contributed by atoms with Crippen molar-refractivity contribution < 1.29 is 32.7 Å². The highest BCUT2D eigenvalue weighted by atomic mass is 19.4. The van der Waals surface area contributed by atoms with Crippen LogP contribution >= 0.6 is 0 Å². The van der Waals surface area contributed by atoms with Crippen LogP contribution < -0.4 is 10.6 Å². The minimum atomic E-state index is -4.54. The molecule has 1 aromatic heterocycles. The quantitative estimate of drug-likeness (QED) is 0.719.